The van der Waals surface area contributed by atoms with Crippen LogP contribution in [0.2, 0.25) is 0 Å². The Kier molecular flexibility index (Phi) is 10.4. The summed E-state index contributed by atoms with van der Waals surface area (Å²) in [6, 6.07) is 22.7. The van der Waals surface area contributed by atoms with Crippen LogP contribution in [0.5, 0.6) is 0 Å². The average Bonchev–Trinajstić information content (AvgIpc) is 2.87. The van der Waals surface area contributed by atoms with Gasteiger partial charge in [-0.25, -0.2) is 0 Å². The Morgan fingerprint density at radius 3 is 2.29 bits per heavy atom. The zero-order valence-electron chi connectivity index (χ0n) is 21.2. The molecule has 38 heavy (non-hydrogen) atoms. The van der Waals surface area contributed by atoms with E-state index >= 15 is 0 Å². The highest BCUT2D eigenvalue weighted by Crippen LogP contribution is 2.28. The minimum atomic E-state index is -0.220. The van der Waals surface area contributed by atoms with Crippen LogP contribution in [0, 0.1) is 0 Å². The second-order valence-electron chi connectivity index (χ2n) is 8.40. The number of rotatable bonds is 7. The van der Waals surface area contributed by atoms with Crippen LogP contribution in [0.3, 0.4) is 0 Å². The van der Waals surface area contributed by atoms with Crippen molar-refractivity contribution < 1.29 is 4.79 Å². The number of anilines is 4. The maximum Gasteiger partial charge on any atom is 0.255 e. The molecule has 4 aromatic rings. The number of carbonyl (C=O) groups is 1. The number of nitrogens with one attached hydrogen (secondary N) is 2. The zero-order chi connectivity index (χ0) is 25.7. The molecule has 4 rings (SSSR count). The van der Waals surface area contributed by atoms with E-state index < -0.39 is 0 Å². The van der Waals surface area contributed by atoms with E-state index in [0.717, 1.165) is 33.5 Å². The third-order valence-corrected chi connectivity index (χ3v) is 5.52. The number of hydrogen-bond acceptors (Lipinski definition) is 6. The van der Waals surface area contributed by atoms with Crippen molar-refractivity contribution in [3.63, 3.8) is 0 Å². The quantitative estimate of drug-likeness (QED) is 0.142. The normalized spacial score (nSPS) is 10.6. The van der Waals surface area contributed by atoms with E-state index in [1.807, 2.05) is 68.7 Å². The monoisotopic (exact) mass is 552 g/mol. The molecule has 0 aliphatic rings. The second kappa shape index (κ2) is 13.3. The molecule has 11 heteroatoms. The molecule has 0 atom stereocenters. The van der Waals surface area contributed by atoms with E-state index in [1.165, 1.54) is 0 Å². The van der Waals surface area contributed by atoms with Gasteiger partial charge in [-0.3, -0.25) is 9.78 Å². The summed E-state index contributed by atoms with van der Waals surface area (Å²) in [7, 11) is 4.01. The largest absolute Gasteiger partial charge is 0.378 e. The summed E-state index contributed by atoms with van der Waals surface area (Å²) in [5.74, 6) is -0.338. The molecule has 0 aliphatic carbocycles. The molecule has 3 aromatic carbocycles. The first-order chi connectivity index (χ1) is 17.3. The van der Waals surface area contributed by atoms with Gasteiger partial charge in [0.15, 0.2) is 0 Å². The van der Waals surface area contributed by atoms with Crippen molar-refractivity contribution in [3.05, 3.63) is 90.1 Å². The van der Waals surface area contributed by atoms with Crippen molar-refractivity contribution in [2.75, 3.05) is 29.6 Å². The number of halogens is 2. The van der Waals surface area contributed by atoms with Crippen molar-refractivity contribution in [1.29, 1.82) is 0 Å². The standard InChI is InChI=1S/C27H28N8O.2ClH/c1-17(33-34-27(28)29)19-5-4-6-21(15-19)32-26(36)18-7-9-20(10-8-18)31-25-13-14-30-24-12-11-22(35(2)3)16-23(24)25;;/h4-16H,1-3H3,(H,30,31)(H,32,36)(H4,28,29,34);2*1H/b33-17+;;. The fourth-order valence-electron chi connectivity index (χ4n) is 3.60. The van der Waals surface area contributed by atoms with Crippen molar-refractivity contribution in [2.24, 2.45) is 21.7 Å². The topological polar surface area (TPSA) is 134 Å². The predicted octanol–water partition coefficient (Wildman–Crippen LogP) is 5.14. The van der Waals surface area contributed by atoms with Crippen molar-refractivity contribution in [3.8, 4) is 0 Å². The Bertz CT molecular complexity index is 1470. The van der Waals surface area contributed by atoms with Gasteiger partial charge in [0.05, 0.1) is 11.2 Å². The van der Waals surface area contributed by atoms with E-state index in [9.17, 15) is 4.79 Å². The fourth-order valence-corrected chi connectivity index (χ4v) is 3.60. The molecule has 0 saturated heterocycles. The number of nitrogens with zero attached hydrogens (tertiary/aromatic N) is 4. The average molecular weight is 553 g/mol. The lowest BCUT2D eigenvalue weighted by molar-refractivity contribution is 0.102. The van der Waals surface area contributed by atoms with Crippen LogP contribution < -0.4 is 27.0 Å². The third kappa shape index (κ3) is 7.34. The fraction of sp³-hybridized carbons (Fsp3) is 0.111. The first-order valence-corrected chi connectivity index (χ1v) is 11.3. The van der Waals surface area contributed by atoms with Gasteiger partial charge < -0.3 is 27.0 Å². The molecule has 9 nitrogen and oxygen atoms in total. The van der Waals surface area contributed by atoms with Gasteiger partial charge in [0.25, 0.3) is 5.91 Å². The molecule has 0 fully saturated rings. The van der Waals surface area contributed by atoms with Gasteiger partial charge in [0.1, 0.15) is 0 Å². The number of fused-ring (bicyclic) bond motifs is 1. The van der Waals surface area contributed by atoms with Gasteiger partial charge in [-0.15, -0.1) is 29.9 Å². The number of nitrogens with two attached hydrogens (primary N) is 2. The summed E-state index contributed by atoms with van der Waals surface area (Å²) in [5.41, 5.74) is 17.0. The van der Waals surface area contributed by atoms with Crippen molar-refractivity contribution in [2.45, 2.75) is 6.92 Å². The lowest BCUT2D eigenvalue weighted by atomic mass is 10.1. The van der Waals surface area contributed by atoms with Gasteiger partial charge in [0.2, 0.25) is 5.96 Å². The maximum absolute atomic E-state index is 12.8. The number of guanidine groups is 1. The van der Waals surface area contributed by atoms with Crippen LogP contribution in [0.1, 0.15) is 22.8 Å². The van der Waals surface area contributed by atoms with E-state index in [1.54, 1.807) is 25.3 Å². The molecule has 6 N–H and O–H groups in total. The molecule has 0 saturated carbocycles. The first kappa shape index (κ1) is 29.9. The minimum Gasteiger partial charge on any atom is -0.378 e. The summed E-state index contributed by atoms with van der Waals surface area (Å²) < 4.78 is 0. The first-order valence-electron chi connectivity index (χ1n) is 11.3. The van der Waals surface area contributed by atoms with E-state index in [2.05, 4.69) is 36.8 Å². The summed E-state index contributed by atoms with van der Waals surface area (Å²) >= 11 is 0. The smallest absolute Gasteiger partial charge is 0.255 e. The number of benzene rings is 3. The molecular formula is C27H30Cl2N8O. The molecule has 0 bridgehead atoms. The Morgan fingerprint density at radius 1 is 0.868 bits per heavy atom. The molecule has 0 unspecified atom stereocenters. The highest BCUT2D eigenvalue weighted by atomic mass is 35.5. The van der Waals surface area contributed by atoms with E-state index in [-0.39, 0.29) is 36.7 Å². The molecule has 0 radical (unpaired) electrons. The molecule has 198 valence electrons. The van der Waals surface area contributed by atoms with Crippen molar-refractivity contribution >= 4 is 76.0 Å². The zero-order valence-corrected chi connectivity index (χ0v) is 22.8. The highest BCUT2D eigenvalue weighted by molar-refractivity contribution is 6.06. The molecule has 1 aromatic heterocycles. The lowest BCUT2D eigenvalue weighted by Crippen LogP contribution is -2.22. The molecule has 1 amide bonds. The molecule has 1 heterocycles. The number of amides is 1. The predicted molar refractivity (Wildman–Crippen MR) is 163 cm³/mol. The summed E-state index contributed by atoms with van der Waals surface area (Å²) in [4.78, 5) is 19.3. The molecular weight excluding hydrogens is 523 g/mol. The Hall–Kier alpha value is -4.34. The minimum absolute atomic E-state index is 0. The van der Waals surface area contributed by atoms with Gasteiger partial charge >= 0.3 is 0 Å². The Morgan fingerprint density at radius 2 is 1.61 bits per heavy atom. The summed E-state index contributed by atoms with van der Waals surface area (Å²) in [5, 5.41) is 15.0. The summed E-state index contributed by atoms with van der Waals surface area (Å²) in [6.45, 7) is 1.78. The van der Waals surface area contributed by atoms with Crippen LogP contribution in [0.15, 0.2) is 89.2 Å². The SMILES string of the molecule is C/C(=N\N=C(N)N)c1cccc(NC(=O)c2ccc(Nc3ccnc4ccc(N(C)C)cc34)cc2)c1.Cl.Cl. The van der Waals surface area contributed by atoms with Crippen LogP contribution in [-0.2, 0) is 0 Å². The van der Waals surface area contributed by atoms with Crippen LogP contribution in [0.4, 0.5) is 22.7 Å². The van der Waals surface area contributed by atoms with E-state index in [4.69, 9.17) is 11.5 Å². The molecule has 0 spiro atoms. The van der Waals surface area contributed by atoms with Gasteiger partial charge in [-0.2, -0.15) is 5.10 Å². The van der Waals surface area contributed by atoms with Crippen LogP contribution >= 0.6 is 24.8 Å². The van der Waals surface area contributed by atoms with Crippen molar-refractivity contribution in [1.82, 2.24) is 4.98 Å². The number of aromatic nitrogens is 1. The van der Waals surface area contributed by atoms with Gasteiger partial charge in [-0.1, -0.05) is 12.1 Å². The number of carbonyl (C=O) groups excluding carboxylic acids is 1. The van der Waals surface area contributed by atoms with Crippen LogP contribution in [0.25, 0.3) is 10.9 Å². The number of hydrogen-bond donors (Lipinski definition) is 4. The van der Waals surface area contributed by atoms with Gasteiger partial charge in [-0.05, 0) is 73.2 Å². The lowest BCUT2D eigenvalue weighted by Gasteiger charge is -2.15. The third-order valence-electron chi connectivity index (χ3n) is 5.52. The Labute approximate surface area is 233 Å². The highest BCUT2D eigenvalue weighted by Gasteiger charge is 2.09. The van der Waals surface area contributed by atoms with Crippen LogP contribution in [-0.4, -0.2) is 36.7 Å². The van der Waals surface area contributed by atoms with Gasteiger partial charge in [0, 0.05) is 54.0 Å². The maximum atomic E-state index is 12.8. The summed E-state index contributed by atoms with van der Waals surface area (Å²) in [6.07, 6.45) is 1.78. The Balaban J connectivity index is 0.00000253. The number of pyridine rings is 1. The second-order valence-corrected chi connectivity index (χ2v) is 8.40. The molecule has 0 aliphatic heterocycles. The van der Waals surface area contributed by atoms with E-state index in [0.29, 0.717) is 17.0 Å².